The van der Waals surface area contributed by atoms with E-state index in [2.05, 4.69) is 9.97 Å². The Bertz CT molecular complexity index is 589. The van der Waals surface area contributed by atoms with E-state index in [1.807, 2.05) is 0 Å². The molecule has 6 nitrogen and oxygen atoms in total. The normalized spacial score (nSPS) is 10.0. The van der Waals surface area contributed by atoms with Gasteiger partial charge < -0.3 is 0 Å². The summed E-state index contributed by atoms with van der Waals surface area (Å²) < 4.78 is 0. The average molecular weight is 261 g/mol. The number of carbonyl (C=O) groups is 1. The van der Waals surface area contributed by atoms with E-state index in [-0.39, 0.29) is 16.4 Å². The Hall–Kier alpha value is -2.28. The molecule has 0 bridgehead atoms. The summed E-state index contributed by atoms with van der Waals surface area (Å²) in [7, 11) is 0. The summed E-state index contributed by atoms with van der Waals surface area (Å²) >= 11 is 0.833. The first-order valence-corrected chi connectivity index (χ1v) is 5.72. The molecule has 2 aromatic rings. The molecule has 0 unspecified atom stereocenters. The van der Waals surface area contributed by atoms with Crippen LogP contribution >= 0.6 is 11.8 Å². The number of hydrogen-bond donors (Lipinski definition) is 0. The van der Waals surface area contributed by atoms with E-state index < -0.39 is 4.92 Å². The van der Waals surface area contributed by atoms with Crippen molar-refractivity contribution in [2.75, 3.05) is 0 Å². The van der Waals surface area contributed by atoms with Crippen LogP contribution in [0.15, 0.2) is 47.9 Å². The number of hydrogen-bond acceptors (Lipinski definition) is 6. The molecule has 0 aliphatic carbocycles. The minimum atomic E-state index is -0.541. The molecule has 0 saturated carbocycles. The maximum absolute atomic E-state index is 11.8. The molecule has 1 aromatic heterocycles. The van der Waals surface area contributed by atoms with Crippen molar-refractivity contribution in [2.24, 2.45) is 0 Å². The molecule has 0 atom stereocenters. The van der Waals surface area contributed by atoms with Crippen LogP contribution in [-0.4, -0.2) is 20.0 Å². The third kappa shape index (κ3) is 2.89. The molecule has 90 valence electrons. The first kappa shape index (κ1) is 12.2. The maximum atomic E-state index is 11.8. The zero-order valence-electron chi connectivity index (χ0n) is 9.02. The Labute approximate surface area is 106 Å². The van der Waals surface area contributed by atoms with Crippen LogP contribution in [0.1, 0.15) is 10.4 Å². The monoisotopic (exact) mass is 261 g/mol. The number of nitro benzene ring substituents is 1. The fraction of sp³-hybridized carbons (Fsp3) is 0. The smallest absolute Gasteiger partial charge is 0.270 e. The Morgan fingerprint density at radius 1 is 1.22 bits per heavy atom. The zero-order valence-corrected chi connectivity index (χ0v) is 9.83. The second-order valence-corrected chi connectivity index (χ2v) is 4.17. The minimum Gasteiger partial charge on any atom is -0.281 e. The maximum Gasteiger partial charge on any atom is 0.270 e. The van der Waals surface area contributed by atoms with Gasteiger partial charge in [0.15, 0.2) is 5.16 Å². The molecule has 0 aliphatic heterocycles. The van der Waals surface area contributed by atoms with Crippen LogP contribution in [0.5, 0.6) is 0 Å². The van der Waals surface area contributed by atoms with Gasteiger partial charge in [0.05, 0.1) is 4.92 Å². The molecule has 0 aliphatic rings. The highest BCUT2D eigenvalue weighted by Crippen LogP contribution is 2.21. The van der Waals surface area contributed by atoms with E-state index in [1.54, 1.807) is 6.07 Å². The molecule has 18 heavy (non-hydrogen) atoms. The van der Waals surface area contributed by atoms with Crippen LogP contribution in [0.2, 0.25) is 0 Å². The van der Waals surface area contributed by atoms with Crippen molar-refractivity contribution in [1.82, 2.24) is 9.97 Å². The molecule has 0 amide bonds. The summed E-state index contributed by atoms with van der Waals surface area (Å²) in [6, 6.07) is 7.20. The van der Waals surface area contributed by atoms with Crippen molar-refractivity contribution in [3.8, 4) is 0 Å². The summed E-state index contributed by atoms with van der Waals surface area (Å²) in [6.07, 6.45) is 3.05. The van der Waals surface area contributed by atoms with E-state index >= 15 is 0 Å². The number of non-ortho nitro benzene ring substituents is 1. The zero-order chi connectivity index (χ0) is 13.0. The average Bonchev–Trinajstić information content (AvgIpc) is 2.40. The summed E-state index contributed by atoms with van der Waals surface area (Å²) in [4.78, 5) is 29.7. The predicted octanol–water partition coefficient (Wildman–Crippen LogP) is 2.32. The van der Waals surface area contributed by atoms with Gasteiger partial charge in [0.1, 0.15) is 0 Å². The number of nitrogens with zero attached hydrogens (tertiary/aromatic N) is 3. The van der Waals surface area contributed by atoms with Crippen molar-refractivity contribution >= 4 is 22.6 Å². The van der Waals surface area contributed by atoms with Gasteiger partial charge in [0, 0.05) is 30.1 Å². The Morgan fingerprint density at radius 3 is 2.61 bits per heavy atom. The van der Waals surface area contributed by atoms with Crippen LogP contribution in [0.4, 0.5) is 5.69 Å². The third-order valence-electron chi connectivity index (χ3n) is 2.02. The predicted molar refractivity (Wildman–Crippen MR) is 65.3 cm³/mol. The quantitative estimate of drug-likeness (QED) is 0.365. The highest BCUT2D eigenvalue weighted by molar-refractivity contribution is 8.14. The molecule has 0 spiro atoms. The van der Waals surface area contributed by atoms with Gasteiger partial charge in [-0.25, -0.2) is 9.97 Å². The van der Waals surface area contributed by atoms with Crippen LogP contribution in [0.3, 0.4) is 0 Å². The standard InChI is InChI=1S/C11H7N3O3S/c15-10(18-11-12-5-2-6-13-11)8-3-1-4-9(7-8)14(16)17/h1-7H. The number of rotatable bonds is 3. The summed E-state index contributed by atoms with van der Waals surface area (Å²) in [5, 5.41) is 10.6. The number of carbonyl (C=O) groups excluding carboxylic acids is 1. The number of aromatic nitrogens is 2. The van der Waals surface area contributed by atoms with Crippen LogP contribution in [0, 0.1) is 10.1 Å². The molecule has 1 heterocycles. The lowest BCUT2D eigenvalue weighted by Gasteiger charge is -1.99. The second kappa shape index (κ2) is 5.37. The molecule has 7 heteroatoms. The fourth-order valence-electron chi connectivity index (χ4n) is 1.23. The van der Waals surface area contributed by atoms with Gasteiger partial charge in [-0.2, -0.15) is 0 Å². The van der Waals surface area contributed by atoms with Gasteiger partial charge in [-0.05, 0) is 23.9 Å². The van der Waals surface area contributed by atoms with Crippen molar-refractivity contribution < 1.29 is 9.72 Å². The van der Waals surface area contributed by atoms with Gasteiger partial charge in [-0.3, -0.25) is 14.9 Å². The minimum absolute atomic E-state index is 0.115. The Balaban J connectivity index is 2.19. The lowest BCUT2D eigenvalue weighted by Crippen LogP contribution is -1.97. The van der Waals surface area contributed by atoms with E-state index in [0.717, 1.165) is 11.8 Å². The van der Waals surface area contributed by atoms with E-state index in [9.17, 15) is 14.9 Å². The molecule has 0 saturated heterocycles. The van der Waals surface area contributed by atoms with E-state index in [4.69, 9.17) is 0 Å². The first-order chi connectivity index (χ1) is 8.66. The van der Waals surface area contributed by atoms with Crippen molar-refractivity contribution in [3.05, 3.63) is 58.4 Å². The molecule has 1 aromatic carbocycles. The molecule has 0 fully saturated rings. The Morgan fingerprint density at radius 2 is 1.94 bits per heavy atom. The van der Waals surface area contributed by atoms with Crippen molar-refractivity contribution in [3.63, 3.8) is 0 Å². The van der Waals surface area contributed by atoms with Crippen LogP contribution in [-0.2, 0) is 0 Å². The van der Waals surface area contributed by atoms with Crippen LogP contribution in [0.25, 0.3) is 0 Å². The van der Waals surface area contributed by atoms with Crippen LogP contribution < -0.4 is 0 Å². The summed E-state index contributed by atoms with van der Waals surface area (Å²) in [6.45, 7) is 0. The number of benzene rings is 1. The van der Waals surface area contributed by atoms with Crippen molar-refractivity contribution in [1.29, 1.82) is 0 Å². The SMILES string of the molecule is O=C(Sc1ncccn1)c1cccc([N+](=O)[O-])c1. The molecule has 0 radical (unpaired) electrons. The molecular formula is C11H7N3O3S. The van der Waals surface area contributed by atoms with Gasteiger partial charge in [-0.1, -0.05) is 6.07 Å². The van der Waals surface area contributed by atoms with Gasteiger partial charge in [-0.15, -0.1) is 0 Å². The second-order valence-electron chi connectivity index (χ2n) is 3.23. The highest BCUT2D eigenvalue weighted by Gasteiger charge is 2.13. The highest BCUT2D eigenvalue weighted by atomic mass is 32.2. The number of nitro groups is 1. The van der Waals surface area contributed by atoms with Gasteiger partial charge in [0.25, 0.3) is 5.69 Å². The first-order valence-electron chi connectivity index (χ1n) is 4.90. The lowest BCUT2D eigenvalue weighted by molar-refractivity contribution is -0.384. The largest absolute Gasteiger partial charge is 0.281 e. The van der Waals surface area contributed by atoms with Gasteiger partial charge >= 0.3 is 0 Å². The molecular weight excluding hydrogens is 254 g/mol. The number of thioether (sulfide) groups is 1. The van der Waals surface area contributed by atoms with E-state index in [0.29, 0.717) is 5.16 Å². The molecule has 2 rings (SSSR count). The van der Waals surface area contributed by atoms with Crippen molar-refractivity contribution in [2.45, 2.75) is 5.16 Å². The Kier molecular flexibility index (Phi) is 3.63. The lowest BCUT2D eigenvalue weighted by atomic mass is 10.2. The molecule has 0 N–H and O–H groups in total. The summed E-state index contributed by atoms with van der Waals surface area (Å²) in [5.74, 6) is 0. The fourth-order valence-corrected chi connectivity index (χ4v) is 1.86. The topological polar surface area (TPSA) is 86.0 Å². The van der Waals surface area contributed by atoms with Gasteiger partial charge in [0.2, 0.25) is 5.12 Å². The van der Waals surface area contributed by atoms with E-state index in [1.165, 1.54) is 36.7 Å². The third-order valence-corrected chi connectivity index (χ3v) is 2.83. The summed E-state index contributed by atoms with van der Waals surface area (Å²) in [5.41, 5.74) is 0.136.